The SMILES string of the molecule is CCC1CCC(O)(c2ccc(F)c(F)c2)CC1. The lowest BCUT2D eigenvalue weighted by molar-refractivity contribution is -0.0148. The van der Waals surface area contributed by atoms with E-state index in [1.165, 1.54) is 6.07 Å². The molecule has 0 unspecified atom stereocenters. The quantitative estimate of drug-likeness (QED) is 0.834. The van der Waals surface area contributed by atoms with E-state index in [2.05, 4.69) is 6.92 Å². The van der Waals surface area contributed by atoms with Crippen LogP contribution < -0.4 is 0 Å². The maximum absolute atomic E-state index is 13.2. The van der Waals surface area contributed by atoms with E-state index in [0.29, 0.717) is 24.3 Å². The van der Waals surface area contributed by atoms with Gasteiger partial charge in [-0.25, -0.2) is 8.78 Å². The van der Waals surface area contributed by atoms with Gasteiger partial charge in [0.2, 0.25) is 0 Å². The van der Waals surface area contributed by atoms with Gasteiger partial charge in [-0.3, -0.25) is 0 Å². The van der Waals surface area contributed by atoms with Gasteiger partial charge in [0.25, 0.3) is 0 Å². The first kappa shape index (κ1) is 12.5. The Balaban J connectivity index is 2.18. The summed E-state index contributed by atoms with van der Waals surface area (Å²) in [7, 11) is 0. The van der Waals surface area contributed by atoms with E-state index in [4.69, 9.17) is 0 Å². The fourth-order valence-corrected chi connectivity index (χ4v) is 2.64. The van der Waals surface area contributed by atoms with Crippen LogP contribution in [0.2, 0.25) is 0 Å². The zero-order valence-corrected chi connectivity index (χ0v) is 10.0. The highest BCUT2D eigenvalue weighted by atomic mass is 19.2. The van der Waals surface area contributed by atoms with E-state index in [1.54, 1.807) is 0 Å². The van der Waals surface area contributed by atoms with Crippen molar-refractivity contribution in [3.05, 3.63) is 35.4 Å². The highest BCUT2D eigenvalue weighted by molar-refractivity contribution is 5.24. The minimum atomic E-state index is -0.972. The van der Waals surface area contributed by atoms with Gasteiger partial charge in [-0.05, 0) is 49.3 Å². The molecule has 0 saturated heterocycles. The molecule has 3 heteroatoms. The summed E-state index contributed by atoms with van der Waals surface area (Å²) in [6.07, 6.45) is 4.29. The van der Waals surface area contributed by atoms with Gasteiger partial charge in [-0.2, -0.15) is 0 Å². The molecule has 1 fully saturated rings. The Morgan fingerprint density at radius 1 is 1.24 bits per heavy atom. The second kappa shape index (κ2) is 4.73. The molecule has 1 aromatic carbocycles. The van der Waals surface area contributed by atoms with Crippen LogP contribution in [0.4, 0.5) is 8.78 Å². The Labute approximate surface area is 100 Å². The van der Waals surface area contributed by atoms with Gasteiger partial charge in [-0.1, -0.05) is 19.4 Å². The van der Waals surface area contributed by atoms with Crippen molar-refractivity contribution >= 4 is 0 Å². The van der Waals surface area contributed by atoms with Gasteiger partial charge in [0, 0.05) is 0 Å². The van der Waals surface area contributed by atoms with Crippen molar-refractivity contribution in [1.82, 2.24) is 0 Å². The molecule has 0 aromatic heterocycles. The third kappa shape index (κ3) is 2.49. The van der Waals surface area contributed by atoms with Crippen molar-refractivity contribution in [2.75, 3.05) is 0 Å². The number of aliphatic hydroxyl groups is 1. The molecule has 1 aromatic rings. The first-order valence-electron chi connectivity index (χ1n) is 6.23. The molecule has 0 radical (unpaired) electrons. The molecular weight excluding hydrogens is 222 g/mol. The molecule has 1 N–H and O–H groups in total. The van der Waals surface area contributed by atoms with E-state index in [0.717, 1.165) is 31.4 Å². The summed E-state index contributed by atoms with van der Waals surface area (Å²) in [5.74, 6) is -1.09. The third-order valence-electron chi connectivity index (χ3n) is 3.97. The Morgan fingerprint density at radius 3 is 2.41 bits per heavy atom. The predicted octanol–water partition coefficient (Wildman–Crippen LogP) is 3.75. The van der Waals surface area contributed by atoms with Crippen molar-refractivity contribution in [1.29, 1.82) is 0 Å². The average molecular weight is 240 g/mol. The van der Waals surface area contributed by atoms with Crippen LogP contribution in [0.1, 0.15) is 44.6 Å². The molecule has 0 heterocycles. The number of benzene rings is 1. The molecule has 0 aliphatic heterocycles. The summed E-state index contributed by atoms with van der Waals surface area (Å²) in [6.45, 7) is 2.15. The van der Waals surface area contributed by atoms with Gasteiger partial charge < -0.3 is 5.11 Å². The van der Waals surface area contributed by atoms with E-state index in [9.17, 15) is 13.9 Å². The fourth-order valence-electron chi connectivity index (χ4n) is 2.64. The summed E-state index contributed by atoms with van der Waals surface area (Å²) >= 11 is 0. The lowest BCUT2D eigenvalue weighted by atomic mass is 9.74. The number of hydrogen-bond donors (Lipinski definition) is 1. The number of rotatable bonds is 2. The lowest BCUT2D eigenvalue weighted by Gasteiger charge is -2.36. The Bertz CT molecular complexity index is 395. The highest BCUT2D eigenvalue weighted by Crippen LogP contribution is 2.40. The fraction of sp³-hybridized carbons (Fsp3) is 0.571. The Hall–Kier alpha value is -0.960. The Kier molecular flexibility index (Phi) is 3.48. The molecule has 1 aliphatic carbocycles. The third-order valence-corrected chi connectivity index (χ3v) is 3.97. The molecule has 1 aliphatic rings. The van der Waals surface area contributed by atoms with E-state index in [1.807, 2.05) is 0 Å². The summed E-state index contributed by atoms with van der Waals surface area (Å²) in [5.41, 5.74) is -0.467. The van der Waals surface area contributed by atoms with Crippen LogP contribution in [0, 0.1) is 17.6 Å². The minimum Gasteiger partial charge on any atom is -0.385 e. The second-order valence-electron chi connectivity index (χ2n) is 5.01. The summed E-state index contributed by atoms with van der Waals surface area (Å²) in [5, 5.41) is 10.5. The topological polar surface area (TPSA) is 20.2 Å². The highest BCUT2D eigenvalue weighted by Gasteiger charge is 2.34. The van der Waals surface area contributed by atoms with Crippen LogP contribution in [0.25, 0.3) is 0 Å². The predicted molar refractivity (Wildman–Crippen MR) is 62.5 cm³/mol. The zero-order chi connectivity index (χ0) is 12.5. The number of hydrogen-bond acceptors (Lipinski definition) is 1. The van der Waals surface area contributed by atoms with Crippen molar-refractivity contribution in [2.24, 2.45) is 5.92 Å². The summed E-state index contributed by atoms with van der Waals surface area (Å²) in [6, 6.07) is 3.71. The maximum atomic E-state index is 13.2. The van der Waals surface area contributed by atoms with E-state index < -0.39 is 17.2 Å². The van der Waals surface area contributed by atoms with Gasteiger partial charge in [0.05, 0.1) is 5.60 Å². The molecular formula is C14H18F2O. The molecule has 1 saturated carbocycles. The van der Waals surface area contributed by atoms with Gasteiger partial charge in [-0.15, -0.1) is 0 Å². The van der Waals surface area contributed by atoms with Gasteiger partial charge in [0.1, 0.15) is 0 Å². The molecule has 2 rings (SSSR count). The zero-order valence-electron chi connectivity index (χ0n) is 10.0. The van der Waals surface area contributed by atoms with Crippen molar-refractivity contribution in [3.8, 4) is 0 Å². The molecule has 1 nitrogen and oxygen atoms in total. The van der Waals surface area contributed by atoms with E-state index in [-0.39, 0.29) is 0 Å². The smallest absolute Gasteiger partial charge is 0.159 e. The van der Waals surface area contributed by atoms with Gasteiger partial charge >= 0.3 is 0 Å². The number of halogens is 2. The first-order chi connectivity index (χ1) is 8.05. The van der Waals surface area contributed by atoms with Crippen molar-refractivity contribution in [2.45, 2.75) is 44.6 Å². The average Bonchev–Trinajstić information content (AvgIpc) is 2.33. The minimum absolute atomic E-state index is 0.506. The first-order valence-corrected chi connectivity index (χ1v) is 6.23. The summed E-state index contributed by atoms with van der Waals surface area (Å²) < 4.78 is 26.0. The molecule has 0 spiro atoms. The lowest BCUT2D eigenvalue weighted by Crippen LogP contribution is -2.31. The second-order valence-corrected chi connectivity index (χ2v) is 5.01. The standard InChI is InChI=1S/C14H18F2O/c1-2-10-5-7-14(17,8-6-10)11-3-4-12(15)13(16)9-11/h3-4,9-10,17H,2,5-8H2,1H3. The van der Waals surface area contributed by atoms with Crippen LogP contribution in [-0.4, -0.2) is 5.11 Å². The molecule has 0 atom stereocenters. The molecule has 0 bridgehead atoms. The van der Waals surface area contributed by atoms with E-state index >= 15 is 0 Å². The largest absolute Gasteiger partial charge is 0.385 e. The van der Waals surface area contributed by atoms with Crippen molar-refractivity contribution in [3.63, 3.8) is 0 Å². The van der Waals surface area contributed by atoms with Crippen LogP contribution in [-0.2, 0) is 5.60 Å². The molecule has 94 valence electrons. The summed E-state index contributed by atoms with van der Waals surface area (Å²) in [4.78, 5) is 0. The normalized spacial score (nSPS) is 29.3. The molecule has 17 heavy (non-hydrogen) atoms. The molecule has 0 amide bonds. The van der Waals surface area contributed by atoms with Crippen LogP contribution >= 0.6 is 0 Å². The van der Waals surface area contributed by atoms with Crippen LogP contribution in [0.5, 0.6) is 0 Å². The van der Waals surface area contributed by atoms with Crippen LogP contribution in [0.15, 0.2) is 18.2 Å². The maximum Gasteiger partial charge on any atom is 0.159 e. The van der Waals surface area contributed by atoms with Crippen molar-refractivity contribution < 1.29 is 13.9 Å². The van der Waals surface area contributed by atoms with Crippen LogP contribution in [0.3, 0.4) is 0 Å². The Morgan fingerprint density at radius 2 is 1.88 bits per heavy atom. The van der Waals surface area contributed by atoms with Gasteiger partial charge in [0.15, 0.2) is 11.6 Å². The monoisotopic (exact) mass is 240 g/mol.